The number of carbonyl (C=O) groups excluding carboxylic acids is 2. The predicted molar refractivity (Wildman–Crippen MR) is 113 cm³/mol. The maximum absolute atomic E-state index is 12.5. The van der Waals surface area contributed by atoms with Gasteiger partial charge >= 0.3 is 0 Å². The van der Waals surface area contributed by atoms with E-state index >= 15 is 0 Å². The SMILES string of the molecule is Cc1ccc(OCCC(=O)N2CCN(c3ccc(C(N)=O)cc3)CC2)c(Br)c1. The fourth-order valence-electron chi connectivity index (χ4n) is 3.18. The predicted octanol–water partition coefficient (Wildman–Crippen LogP) is 2.97. The lowest BCUT2D eigenvalue weighted by molar-refractivity contribution is -0.132. The van der Waals surface area contributed by atoms with E-state index in [0.717, 1.165) is 34.6 Å². The Morgan fingerprint density at radius 2 is 1.75 bits per heavy atom. The molecule has 0 aromatic heterocycles. The molecule has 3 rings (SSSR count). The lowest BCUT2D eigenvalue weighted by atomic mass is 10.1. The van der Waals surface area contributed by atoms with Gasteiger partial charge in [0.2, 0.25) is 11.8 Å². The summed E-state index contributed by atoms with van der Waals surface area (Å²) in [7, 11) is 0. The molecule has 0 radical (unpaired) electrons. The normalized spacial score (nSPS) is 14.1. The molecule has 6 nitrogen and oxygen atoms in total. The minimum atomic E-state index is -0.429. The molecule has 2 aromatic rings. The Bertz CT molecular complexity index is 846. The van der Waals surface area contributed by atoms with E-state index in [-0.39, 0.29) is 5.91 Å². The van der Waals surface area contributed by atoms with Crippen LogP contribution in [0.3, 0.4) is 0 Å². The Hall–Kier alpha value is -2.54. The van der Waals surface area contributed by atoms with E-state index in [1.54, 1.807) is 12.1 Å². The third-order valence-electron chi connectivity index (χ3n) is 4.81. The summed E-state index contributed by atoms with van der Waals surface area (Å²) in [5, 5.41) is 0. The third kappa shape index (κ3) is 5.04. The number of halogens is 1. The molecule has 1 fully saturated rings. The van der Waals surface area contributed by atoms with Gasteiger partial charge in [0.25, 0.3) is 0 Å². The molecule has 0 aliphatic carbocycles. The molecule has 2 amide bonds. The summed E-state index contributed by atoms with van der Waals surface area (Å²) in [5.41, 5.74) is 7.96. The number of ether oxygens (including phenoxy) is 1. The molecule has 1 aliphatic heterocycles. The molecule has 0 bridgehead atoms. The largest absolute Gasteiger partial charge is 0.492 e. The van der Waals surface area contributed by atoms with Gasteiger partial charge in [-0.15, -0.1) is 0 Å². The van der Waals surface area contributed by atoms with E-state index in [1.807, 2.05) is 42.2 Å². The van der Waals surface area contributed by atoms with Crippen LogP contribution in [-0.2, 0) is 4.79 Å². The average molecular weight is 446 g/mol. The number of rotatable bonds is 6. The summed E-state index contributed by atoms with van der Waals surface area (Å²) in [6, 6.07) is 13.1. The molecule has 28 heavy (non-hydrogen) atoms. The molecule has 148 valence electrons. The van der Waals surface area contributed by atoms with Crippen LogP contribution in [0.25, 0.3) is 0 Å². The van der Waals surface area contributed by atoms with Crippen molar-refractivity contribution >= 4 is 33.4 Å². The molecule has 0 spiro atoms. The first-order chi connectivity index (χ1) is 13.4. The second kappa shape index (κ2) is 9.10. The first-order valence-corrected chi connectivity index (χ1v) is 10.0. The van der Waals surface area contributed by atoms with Gasteiger partial charge in [-0.05, 0) is 64.8 Å². The van der Waals surface area contributed by atoms with Crippen molar-refractivity contribution in [3.05, 3.63) is 58.1 Å². The Morgan fingerprint density at radius 1 is 1.07 bits per heavy atom. The lowest BCUT2D eigenvalue weighted by Gasteiger charge is -2.36. The smallest absolute Gasteiger partial charge is 0.248 e. The van der Waals surface area contributed by atoms with Gasteiger partial charge in [-0.2, -0.15) is 0 Å². The highest BCUT2D eigenvalue weighted by molar-refractivity contribution is 9.10. The molecular weight excluding hydrogens is 422 g/mol. The minimum Gasteiger partial charge on any atom is -0.492 e. The van der Waals surface area contributed by atoms with E-state index in [0.29, 0.717) is 31.7 Å². The number of nitrogens with two attached hydrogens (primary N) is 1. The maximum atomic E-state index is 12.5. The van der Waals surface area contributed by atoms with Crippen molar-refractivity contribution < 1.29 is 14.3 Å². The zero-order valence-electron chi connectivity index (χ0n) is 15.9. The summed E-state index contributed by atoms with van der Waals surface area (Å²) in [4.78, 5) is 27.7. The van der Waals surface area contributed by atoms with Gasteiger partial charge in [0, 0.05) is 37.4 Å². The van der Waals surface area contributed by atoms with Crippen LogP contribution < -0.4 is 15.4 Å². The summed E-state index contributed by atoms with van der Waals surface area (Å²) in [5.74, 6) is 0.427. The zero-order valence-corrected chi connectivity index (χ0v) is 17.4. The number of hydrogen-bond acceptors (Lipinski definition) is 4. The second-order valence-electron chi connectivity index (χ2n) is 6.81. The van der Waals surface area contributed by atoms with Crippen molar-refractivity contribution in [1.29, 1.82) is 0 Å². The second-order valence-corrected chi connectivity index (χ2v) is 7.67. The zero-order chi connectivity index (χ0) is 20.1. The number of hydrogen-bond donors (Lipinski definition) is 1. The van der Waals surface area contributed by atoms with Crippen LogP contribution in [0.15, 0.2) is 46.9 Å². The number of anilines is 1. The highest BCUT2D eigenvalue weighted by atomic mass is 79.9. The van der Waals surface area contributed by atoms with Gasteiger partial charge in [-0.25, -0.2) is 0 Å². The fourth-order valence-corrected chi connectivity index (χ4v) is 3.79. The molecule has 1 saturated heterocycles. The van der Waals surface area contributed by atoms with Gasteiger partial charge < -0.3 is 20.3 Å². The van der Waals surface area contributed by atoms with Crippen LogP contribution in [0.4, 0.5) is 5.69 Å². The Balaban J connectivity index is 1.45. The number of amides is 2. The van der Waals surface area contributed by atoms with Crippen LogP contribution in [0.2, 0.25) is 0 Å². The molecule has 1 heterocycles. The maximum Gasteiger partial charge on any atom is 0.248 e. The van der Waals surface area contributed by atoms with Crippen molar-refractivity contribution in [1.82, 2.24) is 4.90 Å². The summed E-state index contributed by atoms with van der Waals surface area (Å²) >= 11 is 3.48. The first-order valence-electron chi connectivity index (χ1n) is 9.25. The third-order valence-corrected chi connectivity index (χ3v) is 5.43. The molecular formula is C21H24BrN3O3. The fraction of sp³-hybridized carbons (Fsp3) is 0.333. The van der Waals surface area contributed by atoms with Crippen molar-refractivity contribution in [2.75, 3.05) is 37.7 Å². The summed E-state index contributed by atoms with van der Waals surface area (Å²) in [6.07, 6.45) is 0.355. The monoisotopic (exact) mass is 445 g/mol. The molecule has 7 heteroatoms. The number of carbonyl (C=O) groups is 2. The van der Waals surface area contributed by atoms with Gasteiger partial charge in [-0.3, -0.25) is 9.59 Å². The van der Waals surface area contributed by atoms with Crippen LogP contribution in [-0.4, -0.2) is 49.5 Å². The van der Waals surface area contributed by atoms with Gasteiger partial charge in [0.05, 0.1) is 17.5 Å². The molecule has 0 atom stereocenters. The van der Waals surface area contributed by atoms with E-state index < -0.39 is 5.91 Å². The number of nitrogens with zero attached hydrogens (tertiary/aromatic N) is 2. The number of primary amides is 1. The van der Waals surface area contributed by atoms with E-state index in [2.05, 4.69) is 20.8 Å². The highest BCUT2D eigenvalue weighted by Crippen LogP contribution is 2.26. The van der Waals surface area contributed by atoms with Gasteiger partial charge in [0.15, 0.2) is 0 Å². The summed E-state index contributed by atoms with van der Waals surface area (Å²) < 4.78 is 6.63. The molecule has 2 N–H and O–H groups in total. The van der Waals surface area contributed by atoms with Crippen molar-refractivity contribution in [2.24, 2.45) is 5.73 Å². The molecule has 0 unspecified atom stereocenters. The minimum absolute atomic E-state index is 0.104. The topological polar surface area (TPSA) is 75.9 Å². The van der Waals surface area contributed by atoms with Crippen molar-refractivity contribution in [3.63, 3.8) is 0 Å². The average Bonchev–Trinajstić information content (AvgIpc) is 2.69. The van der Waals surface area contributed by atoms with E-state index in [1.165, 1.54) is 0 Å². The van der Waals surface area contributed by atoms with Crippen LogP contribution in [0.1, 0.15) is 22.3 Å². The summed E-state index contributed by atoms with van der Waals surface area (Å²) in [6.45, 7) is 5.23. The van der Waals surface area contributed by atoms with Crippen LogP contribution in [0.5, 0.6) is 5.75 Å². The van der Waals surface area contributed by atoms with Crippen molar-refractivity contribution in [3.8, 4) is 5.75 Å². The highest BCUT2D eigenvalue weighted by Gasteiger charge is 2.21. The van der Waals surface area contributed by atoms with E-state index in [9.17, 15) is 9.59 Å². The number of aryl methyl sites for hydroxylation is 1. The Labute approximate surface area is 173 Å². The standard InChI is InChI=1S/C21H24BrN3O3/c1-15-2-7-19(18(22)14-15)28-13-8-20(26)25-11-9-24(10-12-25)17-5-3-16(4-6-17)21(23)27/h2-7,14H,8-13H2,1H3,(H2,23,27). The van der Waals surface area contributed by atoms with Crippen LogP contribution >= 0.6 is 15.9 Å². The molecule has 0 saturated carbocycles. The van der Waals surface area contributed by atoms with Crippen molar-refractivity contribution in [2.45, 2.75) is 13.3 Å². The van der Waals surface area contributed by atoms with Gasteiger partial charge in [-0.1, -0.05) is 6.07 Å². The quantitative estimate of drug-likeness (QED) is 0.741. The van der Waals surface area contributed by atoms with E-state index in [4.69, 9.17) is 10.5 Å². The van der Waals surface area contributed by atoms with Crippen LogP contribution in [0, 0.1) is 6.92 Å². The molecule has 2 aromatic carbocycles. The number of piperazine rings is 1. The Morgan fingerprint density at radius 3 is 2.36 bits per heavy atom. The first kappa shape index (κ1) is 20.2. The van der Waals surface area contributed by atoms with Gasteiger partial charge in [0.1, 0.15) is 5.75 Å². The lowest BCUT2D eigenvalue weighted by Crippen LogP contribution is -2.49. The number of benzene rings is 2. The molecule has 1 aliphatic rings. The Kier molecular flexibility index (Phi) is 6.57.